The van der Waals surface area contributed by atoms with Crippen LogP contribution in [0, 0.1) is 0 Å². The average molecular weight is 553 g/mol. The van der Waals surface area contributed by atoms with Gasteiger partial charge < -0.3 is 4.42 Å². The predicted molar refractivity (Wildman–Crippen MR) is 172 cm³/mol. The maximum Gasteiger partial charge on any atom is 0.227 e. The molecule has 0 saturated heterocycles. The molecule has 2 heterocycles. The molecule has 0 aliphatic carbocycles. The molecule has 0 bridgehead atoms. The molecule has 0 aliphatic heterocycles. The third-order valence-electron chi connectivity index (χ3n) is 7.57. The monoisotopic (exact) mass is 552 g/mol. The Kier molecular flexibility index (Phi) is 6.05. The first kappa shape index (κ1) is 24.8. The summed E-state index contributed by atoms with van der Waals surface area (Å²) in [7, 11) is 0. The van der Waals surface area contributed by atoms with Crippen molar-refractivity contribution in [3.63, 3.8) is 0 Å². The Hall–Kier alpha value is -5.94. The van der Waals surface area contributed by atoms with E-state index in [4.69, 9.17) is 24.4 Å². The number of fused-ring (bicyclic) bond motifs is 3. The fraction of sp³-hybridized carbons (Fsp3) is 0. The third-order valence-corrected chi connectivity index (χ3v) is 7.57. The van der Waals surface area contributed by atoms with Crippen molar-refractivity contribution in [2.24, 2.45) is 0 Å². The van der Waals surface area contributed by atoms with Crippen LogP contribution < -0.4 is 0 Å². The van der Waals surface area contributed by atoms with E-state index in [9.17, 15) is 0 Å². The topological polar surface area (TPSA) is 64.7 Å². The van der Waals surface area contributed by atoms with E-state index in [2.05, 4.69) is 54.6 Å². The Bertz CT molecular complexity index is 2210. The van der Waals surface area contributed by atoms with Crippen LogP contribution >= 0.6 is 0 Å². The van der Waals surface area contributed by atoms with Crippen molar-refractivity contribution >= 4 is 21.9 Å². The van der Waals surface area contributed by atoms with Crippen LogP contribution in [-0.4, -0.2) is 19.9 Å². The summed E-state index contributed by atoms with van der Waals surface area (Å²) in [5.41, 5.74) is 7.63. The van der Waals surface area contributed by atoms with E-state index in [-0.39, 0.29) is 0 Å². The molecule has 8 aromatic rings. The maximum absolute atomic E-state index is 6.10. The largest absolute Gasteiger partial charge is 0.436 e. The molecule has 0 atom stereocenters. The first-order chi connectivity index (χ1) is 21.3. The number of hydrogen-bond acceptors (Lipinski definition) is 5. The van der Waals surface area contributed by atoms with E-state index in [0.29, 0.717) is 23.4 Å². The Labute approximate surface area is 248 Å². The SMILES string of the molecule is c1ccc(-c2ccc(-c3nc(-c4ccccc4)nc(-c4ccc5c(ccc6oc(-c7ccccc7)nc65)c4)n3)cc2)cc1. The second-order valence-corrected chi connectivity index (χ2v) is 10.3. The van der Waals surface area contributed by atoms with Crippen LogP contribution in [0.25, 0.3) is 78.6 Å². The van der Waals surface area contributed by atoms with Crippen LogP contribution in [0.2, 0.25) is 0 Å². The molecular weight excluding hydrogens is 528 g/mol. The van der Waals surface area contributed by atoms with E-state index in [1.807, 2.05) is 91.0 Å². The van der Waals surface area contributed by atoms with E-state index in [1.54, 1.807) is 0 Å². The summed E-state index contributed by atoms with van der Waals surface area (Å²) in [6.07, 6.45) is 0. The lowest BCUT2D eigenvalue weighted by atomic mass is 10.0. The van der Waals surface area contributed by atoms with Crippen LogP contribution in [0.4, 0.5) is 0 Å². The fourth-order valence-electron chi connectivity index (χ4n) is 5.36. The molecular formula is C38H24N4O. The zero-order valence-electron chi connectivity index (χ0n) is 23.1. The average Bonchev–Trinajstić information content (AvgIpc) is 3.54. The van der Waals surface area contributed by atoms with Crippen molar-refractivity contribution in [2.75, 3.05) is 0 Å². The summed E-state index contributed by atoms with van der Waals surface area (Å²) < 4.78 is 6.10. The summed E-state index contributed by atoms with van der Waals surface area (Å²) >= 11 is 0. The molecule has 2 aromatic heterocycles. The van der Waals surface area contributed by atoms with E-state index >= 15 is 0 Å². The molecule has 0 radical (unpaired) electrons. The fourth-order valence-corrected chi connectivity index (χ4v) is 5.36. The highest BCUT2D eigenvalue weighted by Gasteiger charge is 2.15. The Morgan fingerprint density at radius 3 is 1.51 bits per heavy atom. The van der Waals surface area contributed by atoms with Gasteiger partial charge in [-0.05, 0) is 40.8 Å². The summed E-state index contributed by atoms with van der Waals surface area (Å²) in [6.45, 7) is 0. The zero-order chi connectivity index (χ0) is 28.6. The summed E-state index contributed by atoms with van der Waals surface area (Å²) in [6, 6.07) is 49.0. The minimum absolute atomic E-state index is 0.611. The second kappa shape index (κ2) is 10.5. The van der Waals surface area contributed by atoms with Gasteiger partial charge in [-0.3, -0.25) is 0 Å². The van der Waals surface area contributed by atoms with Crippen molar-refractivity contribution in [3.05, 3.63) is 146 Å². The van der Waals surface area contributed by atoms with E-state index < -0.39 is 0 Å². The molecule has 8 rings (SSSR count). The summed E-state index contributed by atoms with van der Waals surface area (Å²) in [4.78, 5) is 19.6. The highest BCUT2D eigenvalue weighted by Crippen LogP contribution is 2.33. The lowest BCUT2D eigenvalue weighted by Gasteiger charge is -2.10. The molecule has 6 aromatic carbocycles. The van der Waals surface area contributed by atoms with Crippen LogP contribution in [-0.2, 0) is 0 Å². The van der Waals surface area contributed by atoms with Crippen LogP contribution in [0.3, 0.4) is 0 Å². The third kappa shape index (κ3) is 4.73. The van der Waals surface area contributed by atoms with Gasteiger partial charge in [0.25, 0.3) is 0 Å². The number of benzene rings is 6. The van der Waals surface area contributed by atoms with Gasteiger partial charge in [-0.1, -0.05) is 121 Å². The number of oxazole rings is 1. The van der Waals surface area contributed by atoms with Crippen molar-refractivity contribution in [1.29, 1.82) is 0 Å². The van der Waals surface area contributed by atoms with Crippen molar-refractivity contribution in [3.8, 4) is 56.7 Å². The quantitative estimate of drug-likeness (QED) is 0.213. The van der Waals surface area contributed by atoms with E-state index in [0.717, 1.165) is 49.7 Å². The minimum atomic E-state index is 0.611. The van der Waals surface area contributed by atoms with Gasteiger partial charge in [0.1, 0.15) is 5.52 Å². The van der Waals surface area contributed by atoms with Gasteiger partial charge in [-0.15, -0.1) is 0 Å². The smallest absolute Gasteiger partial charge is 0.227 e. The number of nitrogens with zero attached hydrogens (tertiary/aromatic N) is 4. The summed E-state index contributed by atoms with van der Waals surface area (Å²) in [5.74, 6) is 2.48. The molecule has 0 saturated carbocycles. The van der Waals surface area contributed by atoms with Gasteiger partial charge in [-0.25, -0.2) is 19.9 Å². The normalized spacial score (nSPS) is 11.3. The van der Waals surface area contributed by atoms with Gasteiger partial charge in [0, 0.05) is 27.6 Å². The molecule has 0 aliphatic rings. The van der Waals surface area contributed by atoms with Crippen LogP contribution in [0.15, 0.2) is 150 Å². The number of rotatable bonds is 5. The first-order valence-electron chi connectivity index (χ1n) is 14.1. The molecule has 5 nitrogen and oxygen atoms in total. The molecule has 0 N–H and O–H groups in total. The molecule has 43 heavy (non-hydrogen) atoms. The molecule has 0 amide bonds. The van der Waals surface area contributed by atoms with Crippen LogP contribution in [0.5, 0.6) is 0 Å². The lowest BCUT2D eigenvalue weighted by molar-refractivity contribution is 0.620. The molecule has 0 fully saturated rings. The van der Waals surface area contributed by atoms with Gasteiger partial charge in [0.05, 0.1) is 0 Å². The summed E-state index contributed by atoms with van der Waals surface area (Å²) in [5, 5.41) is 2.05. The van der Waals surface area contributed by atoms with Gasteiger partial charge in [0.2, 0.25) is 5.89 Å². The second-order valence-electron chi connectivity index (χ2n) is 10.3. The molecule has 0 spiro atoms. The number of hydrogen-bond donors (Lipinski definition) is 0. The maximum atomic E-state index is 6.10. The minimum Gasteiger partial charge on any atom is -0.436 e. The Balaban J connectivity index is 1.23. The Morgan fingerprint density at radius 2 is 0.860 bits per heavy atom. The van der Waals surface area contributed by atoms with E-state index in [1.165, 1.54) is 5.56 Å². The molecule has 5 heteroatoms. The Morgan fingerprint density at radius 1 is 0.372 bits per heavy atom. The van der Waals surface area contributed by atoms with Crippen molar-refractivity contribution in [2.45, 2.75) is 0 Å². The number of aromatic nitrogens is 4. The first-order valence-corrected chi connectivity index (χ1v) is 14.1. The highest BCUT2D eigenvalue weighted by molar-refractivity contribution is 6.05. The highest BCUT2D eigenvalue weighted by atomic mass is 16.3. The zero-order valence-corrected chi connectivity index (χ0v) is 23.1. The standard InChI is InChI=1S/C38H24N4O/c1-4-10-25(11-5-1)26-16-18-28(19-17-26)36-40-35(27-12-6-2-7-13-27)41-37(42-36)31-20-22-32-30(24-31)21-23-33-34(32)39-38(43-33)29-14-8-3-9-15-29/h1-24H. The van der Waals surface area contributed by atoms with Gasteiger partial charge in [0.15, 0.2) is 23.1 Å². The molecule has 0 unspecified atom stereocenters. The van der Waals surface area contributed by atoms with Crippen LogP contribution in [0.1, 0.15) is 0 Å². The van der Waals surface area contributed by atoms with Gasteiger partial charge in [-0.2, -0.15) is 0 Å². The predicted octanol–water partition coefficient (Wildman–Crippen LogP) is 9.50. The van der Waals surface area contributed by atoms with Crippen molar-refractivity contribution < 1.29 is 4.42 Å². The lowest BCUT2D eigenvalue weighted by Crippen LogP contribution is -2.00. The van der Waals surface area contributed by atoms with Crippen molar-refractivity contribution in [1.82, 2.24) is 19.9 Å². The van der Waals surface area contributed by atoms with Gasteiger partial charge >= 0.3 is 0 Å². The molecule has 202 valence electrons.